The zero-order chi connectivity index (χ0) is 14.8. The summed E-state index contributed by atoms with van der Waals surface area (Å²) in [5, 5.41) is 0. The van der Waals surface area contributed by atoms with Crippen molar-refractivity contribution in [1.82, 2.24) is 0 Å². The summed E-state index contributed by atoms with van der Waals surface area (Å²) in [7, 11) is 1.67. The van der Waals surface area contributed by atoms with E-state index in [1.165, 1.54) is 32.1 Å². The number of ether oxygens (including phenoxy) is 2. The Hall–Kier alpha value is -1.22. The quantitative estimate of drug-likeness (QED) is 0.643. The van der Waals surface area contributed by atoms with Crippen LogP contribution in [0.3, 0.4) is 0 Å². The molecule has 114 valence electrons. The van der Waals surface area contributed by atoms with E-state index in [0.717, 1.165) is 30.1 Å². The van der Waals surface area contributed by atoms with Crippen LogP contribution in [0.25, 0.3) is 0 Å². The Balaban J connectivity index is 2.41. The van der Waals surface area contributed by atoms with Gasteiger partial charge in [-0.05, 0) is 19.4 Å². The molecule has 2 N–H and O–H groups in total. The average Bonchev–Trinajstić information content (AvgIpc) is 2.45. The number of hydrogen-bond acceptors (Lipinski definition) is 3. The molecule has 0 aromatic heterocycles. The molecule has 0 unspecified atom stereocenters. The van der Waals surface area contributed by atoms with Gasteiger partial charge in [-0.15, -0.1) is 0 Å². The topological polar surface area (TPSA) is 44.5 Å². The number of methoxy groups -OCH3 is 1. The van der Waals surface area contributed by atoms with Crippen LogP contribution >= 0.6 is 0 Å². The van der Waals surface area contributed by atoms with Gasteiger partial charge in [0.25, 0.3) is 0 Å². The van der Waals surface area contributed by atoms with Crippen molar-refractivity contribution in [2.24, 2.45) is 5.73 Å². The lowest BCUT2D eigenvalue weighted by Gasteiger charge is -2.15. The molecule has 0 heterocycles. The second kappa shape index (κ2) is 9.65. The van der Waals surface area contributed by atoms with Crippen LogP contribution < -0.4 is 15.2 Å². The molecule has 3 heteroatoms. The first-order valence-electron chi connectivity index (χ1n) is 7.75. The highest BCUT2D eigenvalue weighted by Crippen LogP contribution is 2.28. The average molecular weight is 279 g/mol. The predicted molar refractivity (Wildman–Crippen MR) is 84.5 cm³/mol. The third-order valence-corrected chi connectivity index (χ3v) is 3.47. The first-order chi connectivity index (χ1) is 9.69. The van der Waals surface area contributed by atoms with Crippen molar-refractivity contribution in [1.29, 1.82) is 0 Å². The van der Waals surface area contributed by atoms with Crippen molar-refractivity contribution in [3.63, 3.8) is 0 Å². The molecule has 1 aromatic carbocycles. The van der Waals surface area contributed by atoms with E-state index >= 15 is 0 Å². The van der Waals surface area contributed by atoms with Gasteiger partial charge in [-0.2, -0.15) is 0 Å². The molecule has 0 amide bonds. The molecule has 0 fully saturated rings. The van der Waals surface area contributed by atoms with E-state index in [9.17, 15) is 0 Å². The van der Waals surface area contributed by atoms with Crippen molar-refractivity contribution in [2.45, 2.75) is 58.4 Å². The number of rotatable bonds is 10. The lowest BCUT2D eigenvalue weighted by Crippen LogP contribution is -2.09. The van der Waals surface area contributed by atoms with E-state index in [4.69, 9.17) is 15.2 Å². The van der Waals surface area contributed by atoms with E-state index in [2.05, 4.69) is 6.92 Å². The normalized spacial score (nSPS) is 12.2. The van der Waals surface area contributed by atoms with Gasteiger partial charge < -0.3 is 15.2 Å². The van der Waals surface area contributed by atoms with Gasteiger partial charge in [0.2, 0.25) is 0 Å². The van der Waals surface area contributed by atoms with E-state index in [1.807, 2.05) is 25.1 Å². The molecular formula is C17H29NO2. The van der Waals surface area contributed by atoms with Gasteiger partial charge in [0.15, 0.2) is 0 Å². The first-order valence-corrected chi connectivity index (χ1v) is 7.75. The molecule has 0 radical (unpaired) electrons. The number of hydrogen-bond donors (Lipinski definition) is 1. The maximum Gasteiger partial charge on any atom is 0.127 e. The summed E-state index contributed by atoms with van der Waals surface area (Å²) in [5.41, 5.74) is 7.01. The van der Waals surface area contributed by atoms with Crippen molar-refractivity contribution in [3.05, 3.63) is 23.8 Å². The first kappa shape index (κ1) is 16.8. The Morgan fingerprint density at radius 3 is 2.45 bits per heavy atom. The Bertz CT molecular complexity index is 377. The highest BCUT2D eigenvalue weighted by Gasteiger charge is 2.09. The summed E-state index contributed by atoms with van der Waals surface area (Å²) in [6.07, 6.45) is 7.59. The molecule has 1 aromatic rings. The SMILES string of the molecule is CCCCCCCCOc1cc(OC)ccc1[C@H](C)N. The summed E-state index contributed by atoms with van der Waals surface area (Å²) in [4.78, 5) is 0. The predicted octanol–water partition coefficient (Wildman–Crippen LogP) is 4.45. The van der Waals surface area contributed by atoms with Crippen LogP contribution in [0.5, 0.6) is 11.5 Å². The molecule has 0 saturated heterocycles. The molecule has 1 atom stereocenters. The molecule has 3 nitrogen and oxygen atoms in total. The molecule has 0 aliphatic heterocycles. The van der Waals surface area contributed by atoms with Crippen LogP contribution in [0.15, 0.2) is 18.2 Å². The molecule has 0 aliphatic rings. The fourth-order valence-electron chi connectivity index (χ4n) is 2.21. The van der Waals surface area contributed by atoms with Crippen LogP contribution in [0.2, 0.25) is 0 Å². The van der Waals surface area contributed by atoms with Crippen LogP contribution in [0, 0.1) is 0 Å². The third-order valence-electron chi connectivity index (χ3n) is 3.47. The monoisotopic (exact) mass is 279 g/mol. The summed E-state index contributed by atoms with van der Waals surface area (Å²) < 4.78 is 11.1. The molecule has 0 bridgehead atoms. The van der Waals surface area contributed by atoms with Gasteiger partial charge in [0.1, 0.15) is 11.5 Å². The summed E-state index contributed by atoms with van der Waals surface area (Å²) in [6, 6.07) is 5.81. The Morgan fingerprint density at radius 1 is 1.10 bits per heavy atom. The number of unbranched alkanes of at least 4 members (excludes halogenated alkanes) is 5. The Labute approximate surface area is 123 Å². The highest BCUT2D eigenvalue weighted by molar-refractivity contribution is 5.42. The van der Waals surface area contributed by atoms with Gasteiger partial charge >= 0.3 is 0 Å². The molecule has 20 heavy (non-hydrogen) atoms. The zero-order valence-electron chi connectivity index (χ0n) is 13.2. The van der Waals surface area contributed by atoms with Gasteiger partial charge in [-0.25, -0.2) is 0 Å². The minimum Gasteiger partial charge on any atom is -0.497 e. The van der Waals surface area contributed by atoms with Gasteiger partial charge in [0, 0.05) is 17.7 Å². The second-order valence-electron chi connectivity index (χ2n) is 5.31. The third kappa shape index (κ3) is 5.83. The number of benzene rings is 1. The van der Waals surface area contributed by atoms with E-state index in [1.54, 1.807) is 7.11 Å². The molecule has 0 aliphatic carbocycles. The zero-order valence-corrected chi connectivity index (χ0v) is 13.2. The van der Waals surface area contributed by atoms with E-state index in [0.29, 0.717) is 0 Å². The molecular weight excluding hydrogens is 250 g/mol. The van der Waals surface area contributed by atoms with Gasteiger partial charge in [-0.3, -0.25) is 0 Å². The van der Waals surface area contributed by atoms with Crippen molar-refractivity contribution < 1.29 is 9.47 Å². The van der Waals surface area contributed by atoms with Crippen LogP contribution in [-0.4, -0.2) is 13.7 Å². The standard InChI is InChI=1S/C17H29NO2/c1-4-5-6-7-8-9-12-20-17-13-15(19-3)10-11-16(17)14(2)18/h10-11,13-14H,4-9,12,18H2,1-3H3/t14-/m0/s1. The summed E-state index contributed by atoms with van der Waals surface area (Å²) in [6.45, 7) is 4.96. The lowest BCUT2D eigenvalue weighted by molar-refractivity contribution is 0.298. The smallest absolute Gasteiger partial charge is 0.127 e. The molecule has 0 saturated carbocycles. The molecule has 0 spiro atoms. The Kier molecular flexibility index (Phi) is 8.12. The van der Waals surface area contributed by atoms with Crippen molar-refractivity contribution in [2.75, 3.05) is 13.7 Å². The van der Waals surface area contributed by atoms with Crippen LogP contribution in [-0.2, 0) is 0 Å². The fourth-order valence-corrected chi connectivity index (χ4v) is 2.21. The fraction of sp³-hybridized carbons (Fsp3) is 0.647. The summed E-state index contributed by atoms with van der Waals surface area (Å²) >= 11 is 0. The second-order valence-corrected chi connectivity index (χ2v) is 5.31. The highest BCUT2D eigenvalue weighted by atomic mass is 16.5. The van der Waals surface area contributed by atoms with Gasteiger partial charge in [-0.1, -0.05) is 45.1 Å². The van der Waals surface area contributed by atoms with Crippen LogP contribution in [0.4, 0.5) is 0 Å². The minimum absolute atomic E-state index is 0.0274. The maximum absolute atomic E-state index is 5.97. The maximum atomic E-state index is 5.97. The van der Waals surface area contributed by atoms with Crippen molar-refractivity contribution in [3.8, 4) is 11.5 Å². The van der Waals surface area contributed by atoms with Crippen molar-refractivity contribution >= 4 is 0 Å². The molecule has 1 rings (SSSR count). The Morgan fingerprint density at radius 2 is 1.80 bits per heavy atom. The summed E-state index contributed by atoms with van der Waals surface area (Å²) in [5.74, 6) is 1.67. The van der Waals surface area contributed by atoms with Gasteiger partial charge in [0.05, 0.1) is 13.7 Å². The lowest BCUT2D eigenvalue weighted by atomic mass is 10.1. The minimum atomic E-state index is -0.0274. The number of nitrogens with two attached hydrogens (primary N) is 1. The largest absolute Gasteiger partial charge is 0.497 e. The van der Waals surface area contributed by atoms with E-state index < -0.39 is 0 Å². The van der Waals surface area contributed by atoms with Crippen LogP contribution in [0.1, 0.15) is 64.0 Å². The van der Waals surface area contributed by atoms with E-state index in [-0.39, 0.29) is 6.04 Å².